The Morgan fingerprint density at radius 3 is 2.45 bits per heavy atom. The third-order valence-electron chi connectivity index (χ3n) is 3.70. The van der Waals surface area contributed by atoms with Crippen molar-refractivity contribution in [2.75, 3.05) is 6.61 Å². The second-order valence-electron chi connectivity index (χ2n) is 5.73. The first-order valence-corrected chi connectivity index (χ1v) is 8.97. The van der Waals surface area contributed by atoms with Crippen LogP contribution in [0.25, 0.3) is 0 Å². The molecule has 1 heterocycles. The van der Waals surface area contributed by atoms with Crippen molar-refractivity contribution in [2.24, 2.45) is 0 Å². The van der Waals surface area contributed by atoms with Gasteiger partial charge in [-0.25, -0.2) is 0 Å². The molecule has 29 heavy (non-hydrogen) atoms. The second-order valence-corrected chi connectivity index (χ2v) is 6.13. The summed E-state index contributed by atoms with van der Waals surface area (Å²) in [4.78, 5) is 27.4. The van der Waals surface area contributed by atoms with Gasteiger partial charge in [-0.1, -0.05) is 35.5 Å². The zero-order chi connectivity index (χ0) is 20.5. The van der Waals surface area contributed by atoms with Gasteiger partial charge in [0.15, 0.2) is 5.11 Å². The molecule has 148 valence electrons. The molecule has 10 heteroatoms. The van der Waals surface area contributed by atoms with Crippen LogP contribution >= 0.6 is 12.2 Å². The molecule has 2 amide bonds. The van der Waals surface area contributed by atoms with E-state index in [1.54, 1.807) is 24.3 Å². The van der Waals surface area contributed by atoms with Crippen molar-refractivity contribution in [1.29, 1.82) is 0 Å². The highest BCUT2D eigenvalue weighted by atomic mass is 32.1. The van der Waals surface area contributed by atoms with Gasteiger partial charge in [-0.2, -0.15) is 4.98 Å². The van der Waals surface area contributed by atoms with Crippen molar-refractivity contribution < 1.29 is 18.8 Å². The van der Waals surface area contributed by atoms with Crippen LogP contribution in [0.1, 0.15) is 26.5 Å². The number of hydrazine groups is 1. The number of aromatic nitrogens is 2. The first-order chi connectivity index (χ1) is 14.1. The molecule has 0 radical (unpaired) electrons. The molecule has 0 atom stereocenters. The third kappa shape index (κ3) is 6.11. The van der Waals surface area contributed by atoms with Gasteiger partial charge in [0.2, 0.25) is 6.39 Å². The number of thiocarbonyl (C=S) groups is 1. The van der Waals surface area contributed by atoms with E-state index in [0.29, 0.717) is 17.9 Å². The Labute approximate surface area is 171 Å². The van der Waals surface area contributed by atoms with Crippen molar-refractivity contribution in [2.45, 2.75) is 6.42 Å². The summed E-state index contributed by atoms with van der Waals surface area (Å²) in [6.45, 7) is 0.531. The number of carbonyl (C=O) groups excluding carboxylic acids is 2. The molecule has 3 rings (SSSR count). The topological polar surface area (TPSA) is 118 Å². The van der Waals surface area contributed by atoms with Gasteiger partial charge in [0.25, 0.3) is 11.7 Å². The van der Waals surface area contributed by atoms with Crippen molar-refractivity contribution >= 4 is 29.1 Å². The minimum absolute atomic E-state index is 0.0879. The Kier molecular flexibility index (Phi) is 6.85. The van der Waals surface area contributed by atoms with Gasteiger partial charge in [-0.05, 0) is 42.0 Å². The van der Waals surface area contributed by atoms with Crippen LogP contribution < -0.4 is 20.9 Å². The average molecular weight is 411 g/mol. The fourth-order valence-corrected chi connectivity index (χ4v) is 2.42. The number of nitrogens with zero attached hydrogens (tertiary/aromatic N) is 2. The number of hydrogen-bond donors (Lipinski definition) is 3. The maximum Gasteiger partial charge on any atom is 0.311 e. The van der Waals surface area contributed by atoms with Crippen LogP contribution in [0.4, 0.5) is 0 Å². The quantitative estimate of drug-likeness (QED) is 0.414. The number of hydrogen-bond acceptors (Lipinski definition) is 7. The highest BCUT2D eigenvalue weighted by Gasteiger charge is 2.12. The number of nitrogens with one attached hydrogen (secondary N) is 3. The lowest BCUT2D eigenvalue weighted by Crippen LogP contribution is -2.48. The summed E-state index contributed by atoms with van der Waals surface area (Å²) in [6, 6.07) is 16.7. The van der Waals surface area contributed by atoms with Crippen molar-refractivity contribution in [1.82, 2.24) is 26.3 Å². The van der Waals surface area contributed by atoms with E-state index in [2.05, 4.69) is 30.8 Å². The van der Waals surface area contributed by atoms with Crippen LogP contribution in [0.5, 0.6) is 5.75 Å². The van der Waals surface area contributed by atoms with E-state index in [-0.39, 0.29) is 10.9 Å². The first-order valence-electron chi connectivity index (χ1n) is 8.56. The van der Waals surface area contributed by atoms with E-state index >= 15 is 0 Å². The zero-order valence-corrected chi connectivity index (χ0v) is 15.9. The normalized spacial score (nSPS) is 10.1. The fraction of sp³-hybridized carbons (Fsp3) is 0.105. The van der Waals surface area contributed by atoms with Crippen LogP contribution in [0.2, 0.25) is 0 Å². The molecular formula is C19H17N5O4S. The summed E-state index contributed by atoms with van der Waals surface area (Å²) in [5, 5.41) is 5.72. The van der Waals surface area contributed by atoms with Crippen LogP contribution in [0, 0.1) is 0 Å². The molecular weight excluding hydrogens is 394 g/mol. The molecule has 0 saturated heterocycles. The lowest BCUT2D eigenvalue weighted by Gasteiger charge is -2.10. The Balaban J connectivity index is 1.42. The fourth-order valence-electron chi connectivity index (χ4n) is 2.28. The van der Waals surface area contributed by atoms with E-state index in [0.717, 1.165) is 12.8 Å². The predicted molar refractivity (Wildman–Crippen MR) is 107 cm³/mol. The van der Waals surface area contributed by atoms with Gasteiger partial charge < -0.3 is 9.26 Å². The molecule has 0 aliphatic carbocycles. The van der Waals surface area contributed by atoms with E-state index in [1.165, 1.54) is 5.56 Å². The molecule has 0 aliphatic heterocycles. The Bertz CT molecular complexity index is 962. The van der Waals surface area contributed by atoms with Gasteiger partial charge in [0.05, 0.1) is 6.61 Å². The summed E-state index contributed by atoms with van der Waals surface area (Å²) in [7, 11) is 0. The van der Waals surface area contributed by atoms with Crippen LogP contribution in [0.15, 0.2) is 65.5 Å². The van der Waals surface area contributed by atoms with Crippen molar-refractivity contribution in [3.8, 4) is 5.75 Å². The number of carbonyl (C=O) groups is 2. The van der Waals surface area contributed by atoms with Gasteiger partial charge in [-0.15, -0.1) is 0 Å². The number of amides is 2. The Morgan fingerprint density at radius 2 is 1.76 bits per heavy atom. The summed E-state index contributed by atoms with van der Waals surface area (Å²) in [5.41, 5.74) is 6.19. The SMILES string of the molecule is O=C(NC(=S)NNC(=O)c1ncon1)c1ccc(OCCc2ccccc2)cc1. The standard InChI is InChI=1S/C19H17N5O4S/c25-17(21-19(29)23-22-18(26)16-20-12-28-24-16)14-6-8-15(9-7-14)27-11-10-13-4-2-1-3-5-13/h1-9,12H,10-11H2,(H,22,26)(H2,21,23,25,29). The van der Waals surface area contributed by atoms with Gasteiger partial charge >= 0.3 is 5.91 Å². The molecule has 0 unspecified atom stereocenters. The molecule has 0 saturated carbocycles. The minimum Gasteiger partial charge on any atom is -0.493 e. The largest absolute Gasteiger partial charge is 0.493 e. The van der Waals surface area contributed by atoms with E-state index in [4.69, 9.17) is 17.0 Å². The maximum absolute atomic E-state index is 12.2. The predicted octanol–water partition coefficient (Wildman–Crippen LogP) is 1.64. The van der Waals surface area contributed by atoms with Crippen molar-refractivity contribution in [3.05, 3.63) is 77.9 Å². The summed E-state index contributed by atoms with van der Waals surface area (Å²) < 4.78 is 10.1. The maximum atomic E-state index is 12.2. The summed E-state index contributed by atoms with van der Waals surface area (Å²) >= 11 is 4.96. The van der Waals surface area contributed by atoms with E-state index < -0.39 is 11.8 Å². The highest BCUT2D eigenvalue weighted by molar-refractivity contribution is 7.80. The molecule has 9 nitrogen and oxygen atoms in total. The van der Waals surface area contributed by atoms with E-state index in [1.807, 2.05) is 30.3 Å². The Hall–Kier alpha value is -3.79. The average Bonchev–Trinajstić information content (AvgIpc) is 3.28. The molecule has 0 spiro atoms. The van der Waals surface area contributed by atoms with Crippen LogP contribution in [-0.4, -0.2) is 33.7 Å². The third-order valence-corrected chi connectivity index (χ3v) is 3.90. The first kappa shape index (κ1) is 20.0. The van der Waals surface area contributed by atoms with E-state index in [9.17, 15) is 9.59 Å². The Morgan fingerprint density at radius 1 is 1.00 bits per heavy atom. The molecule has 3 N–H and O–H groups in total. The lowest BCUT2D eigenvalue weighted by atomic mass is 10.2. The molecule has 2 aromatic carbocycles. The number of rotatable bonds is 6. The molecule has 0 aliphatic rings. The smallest absolute Gasteiger partial charge is 0.311 e. The monoisotopic (exact) mass is 411 g/mol. The molecule has 0 fully saturated rings. The number of benzene rings is 2. The van der Waals surface area contributed by atoms with Gasteiger partial charge in [-0.3, -0.25) is 25.8 Å². The minimum atomic E-state index is -0.660. The highest BCUT2D eigenvalue weighted by Crippen LogP contribution is 2.13. The van der Waals surface area contributed by atoms with Gasteiger partial charge in [0.1, 0.15) is 5.75 Å². The second kappa shape index (κ2) is 9.95. The summed E-state index contributed by atoms with van der Waals surface area (Å²) in [5.74, 6) is -0.612. The van der Waals surface area contributed by atoms with Crippen LogP contribution in [0.3, 0.4) is 0 Å². The van der Waals surface area contributed by atoms with Crippen LogP contribution in [-0.2, 0) is 6.42 Å². The number of ether oxygens (including phenoxy) is 1. The van der Waals surface area contributed by atoms with Crippen molar-refractivity contribution in [3.63, 3.8) is 0 Å². The molecule has 0 bridgehead atoms. The molecule has 3 aromatic rings. The zero-order valence-electron chi connectivity index (χ0n) is 15.1. The van der Waals surface area contributed by atoms with Gasteiger partial charge in [0, 0.05) is 12.0 Å². The molecule has 1 aromatic heterocycles. The summed E-state index contributed by atoms with van der Waals surface area (Å²) in [6.07, 6.45) is 1.81. The lowest BCUT2D eigenvalue weighted by molar-refractivity contribution is 0.0923.